The number of hydrogen-bond donors (Lipinski definition) is 0. The van der Waals surface area contributed by atoms with Gasteiger partial charge in [0.15, 0.2) is 0 Å². The summed E-state index contributed by atoms with van der Waals surface area (Å²) in [6.45, 7) is 8.76. The Bertz CT molecular complexity index is 1470. The van der Waals surface area contributed by atoms with E-state index in [0.29, 0.717) is 18.8 Å². The number of anilines is 1. The van der Waals surface area contributed by atoms with E-state index in [0.717, 1.165) is 21.9 Å². The Hall–Kier alpha value is -3.64. The fraction of sp³-hybridized carbons (Fsp3) is 0.258. The molecule has 0 saturated carbocycles. The zero-order chi connectivity index (χ0) is 26.6. The number of hydrogen-bond acceptors (Lipinski definition) is 3. The van der Waals surface area contributed by atoms with Gasteiger partial charge in [0.25, 0.3) is 10.0 Å². The van der Waals surface area contributed by atoms with Crippen molar-refractivity contribution in [1.29, 1.82) is 0 Å². The van der Waals surface area contributed by atoms with E-state index < -0.39 is 10.0 Å². The Balaban J connectivity index is 1.72. The number of carbonyl (C=O) groups excluding carboxylic acids is 1. The van der Waals surface area contributed by atoms with Crippen molar-refractivity contribution >= 4 is 32.4 Å². The van der Waals surface area contributed by atoms with E-state index in [-0.39, 0.29) is 22.8 Å². The standard InChI is InChI=1S/C31H34N2O3S/c1-5-32(22-24-11-7-6-8-12-24)30(34)23-33(28-18-15-25-13-9-10-14-26(25)21-28)37(35,36)29-19-16-27(17-20-29)31(2,3)4/h6-21H,5,22-23H2,1-4H3. The summed E-state index contributed by atoms with van der Waals surface area (Å²) in [5.41, 5.74) is 2.40. The van der Waals surface area contributed by atoms with Gasteiger partial charge < -0.3 is 4.90 Å². The lowest BCUT2D eigenvalue weighted by Crippen LogP contribution is -2.42. The minimum absolute atomic E-state index is 0.102. The lowest BCUT2D eigenvalue weighted by Gasteiger charge is -2.28. The molecule has 37 heavy (non-hydrogen) atoms. The normalized spacial score (nSPS) is 11.9. The Morgan fingerprint density at radius 3 is 2.03 bits per heavy atom. The predicted octanol–water partition coefficient (Wildman–Crippen LogP) is 6.38. The van der Waals surface area contributed by atoms with Crippen molar-refractivity contribution in [3.8, 4) is 0 Å². The van der Waals surface area contributed by atoms with Crippen molar-refractivity contribution in [3.63, 3.8) is 0 Å². The van der Waals surface area contributed by atoms with Crippen LogP contribution in [0.3, 0.4) is 0 Å². The molecule has 5 nitrogen and oxygen atoms in total. The molecule has 0 unspecified atom stereocenters. The summed E-state index contributed by atoms with van der Waals surface area (Å²) >= 11 is 0. The third-order valence-corrected chi connectivity index (χ3v) is 8.35. The van der Waals surface area contributed by atoms with E-state index in [9.17, 15) is 13.2 Å². The maximum absolute atomic E-state index is 14.0. The van der Waals surface area contributed by atoms with Gasteiger partial charge in [-0.2, -0.15) is 0 Å². The third-order valence-electron chi connectivity index (χ3n) is 6.56. The zero-order valence-corrected chi connectivity index (χ0v) is 22.7. The largest absolute Gasteiger partial charge is 0.337 e. The molecule has 0 N–H and O–H groups in total. The van der Waals surface area contributed by atoms with Gasteiger partial charge in [-0.25, -0.2) is 8.42 Å². The summed E-state index contributed by atoms with van der Waals surface area (Å²) in [5, 5.41) is 1.91. The number of amides is 1. The van der Waals surface area contributed by atoms with Gasteiger partial charge in [0.1, 0.15) is 6.54 Å². The molecule has 0 aromatic heterocycles. The van der Waals surface area contributed by atoms with Gasteiger partial charge in [-0.1, -0.05) is 93.6 Å². The van der Waals surface area contributed by atoms with Crippen molar-refractivity contribution < 1.29 is 13.2 Å². The van der Waals surface area contributed by atoms with E-state index in [2.05, 4.69) is 20.8 Å². The number of nitrogens with zero attached hydrogens (tertiary/aromatic N) is 2. The summed E-state index contributed by atoms with van der Waals surface area (Å²) in [7, 11) is -4.01. The SMILES string of the molecule is CCN(Cc1ccccc1)C(=O)CN(c1ccc2ccccc2c1)S(=O)(=O)c1ccc(C(C)(C)C)cc1. The van der Waals surface area contributed by atoms with Crippen LogP contribution in [0.5, 0.6) is 0 Å². The molecule has 0 aliphatic carbocycles. The van der Waals surface area contributed by atoms with Gasteiger partial charge in [-0.15, -0.1) is 0 Å². The lowest BCUT2D eigenvalue weighted by molar-refractivity contribution is -0.129. The van der Waals surface area contributed by atoms with Crippen LogP contribution in [0, 0.1) is 0 Å². The van der Waals surface area contributed by atoms with Crippen LogP contribution in [0.1, 0.15) is 38.8 Å². The minimum atomic E-state index is -4.01. The van der Waals surface area contributed by atoms with E-state index in [1.807, 2.05) is 85.8 Å². The number of rotatable bonds is 8. The topological polar surface area (TPSA) is 57.7 Å². The molecule has 4 rings (SSSR count). The Labute approximate surface area is 220 Å². The van der Waals surface area contributed by atoms with Crippen LogP contribution in [0.15, 0.2) is 102 Å². The minimum Gasteiger partial charge on any atom is -0.337 e. The molecule has 4 aromatic carbocycles. The molecular weight excluding hydrogens is 480 g/mol. The maximum atomic E-state index is 14.0. The zero-order valence-electron chi connectivity index (χ0n) is 21.9. The number of likely N-dealkylation sites (N-methyl/N-ethyl adjacent to an activating group) is 1. The first-order chi connectivity index (χ1) is 17.6. The second-order valence-electron chi connectivity index (χ2n) is 10.2. The van der Waals surface area contributed by atoms with Gasteiger partial charge in [-0.05, 0) is 58.5 Å². The molecule has 0 radical (unpaired) electrons. The van der Waals surface area contributed by atoms with Crippen molar-refractivity contribution in [1.82, 2.24) is 4.90 Å². The van der Waals surface area contributed by atoms with Crippen molar-refractivity contribution in [2.75, 3.05) is 17.4 Å². The third kappa shape index (κ3) is 6.03. The van der Waals surface area contributed by atoms with Crippen LogP contribution in [-0.2, 0) is 26.8 Å². The van der Waals surface area contributed by atoms with Crippen molar-refractivity contribution in [2.24, 2.45) is 0 Å². The number of benzene rings is 4. The molecule has 0 spiro atoms. The van der Waals surface area contributed by atoms with Gasteiger partial charge in [0.2, 0.25) is 5.91 Å². The Morgan fingerprint density at radius 1 is 0.784 bits per heavy atom. The Kier molecular flexibility index (Phi) is 7.69. The quantitative estimate of drug-likeness (QED) is 0.274. The molecule has 0 heterocycles. The molecule has 0 saturated heterocycles. The summed E-state index contributed by atoms with van der Waals surface area (Å²) in [6.07, 6.45) is 0. The second kappa shape index (κ2) is 10.8. The van der Waals surface area contributed by atoms with Crippen molar-refractivity contribution in [2.45, 2.75) is 44.6 Å². The van der Waals surface area contributed by atoms with Crippen LogP contribution in [0.2, 0.25) is 0 Å². The van der Waals surface area contributed by atoms with Crippen LogP contribution in [0.4, 0.5) is 5.69 Å². The van der Waals surface area contributed by atoms with Crippen LogP contribution in [0.25, 0.3) is 10.8 Å². The van der Waals surface area contributed by atoms with E-state index >= 15 is 0 Å². The van der Waals surface area contributed by atoms with Gasteiger partial charge in [0.05, 0.1) is 10.6 Å². The van der Waals surface area contributed by atoms with Crippen LogP contribution < -0.4 is 4.31 Å². The molecule has 4 aromatic rings. The molecule has 0 atom stereocenters. The Morgan fingerprint density at radius 2 is 1.41 bits per heavy atom. The van der Waals surface area contributed by atoms with E-state index in [1.165, 1.54) is 4.31 Å². The lowest BCUT2D eigenvalue weighted by atomic mass is 9.87. The number of sulfonamides is 1. The molecular formula is C31H34N2O3S. The highest BCUT2D eigenvalue weighted by molar-refractivity contribution is 7.92. The molecule has 0 bridgehead atoms. The van der Waals surface area contributed by atoms with Crippen LogP contribution >= 0.6 is 0 Å². The van der Waals surface area contributed by atoms with Crippen molar-refractivity contribution in [3.05, 3.63) is 108 Å². The average molecular weight is 515 g/mol. The monoisotopic (exact) mass is 514 g/mol. The summed E-state index contributed by atoms with van der Waals surface area (Å²) in [4.78, 5) is 15.4. The molecule has 6 heteroatoms. The van der Waals surface area contributed by atoms with Gasteiger partial charge in [-0.3, -0.25) is 9.10 Å². The van der Waals surface area contributed by atoms with Gasteiger partial charge >= 0.3 is 0 Å². The summed E-state index contributed by atoms with van der Waals surface area (Å²) in [5.74, 6) is -0.255. The first kappa shape index (κ1) is 26.4. The first-order valence-electron chi connectivity index (χ1n) is 12.5. The molecule has 0 fully saturated rings. The molecule has 0 aliphatic heterocycles. The summed E-state index contributed by atoms with van der Waals surface area (Å²) in [6, 6.07) is 30.0. The smallest absolute Gasteiger partial charge is 0.264 e. The average Bonchev–Trinajstić information content (AvgIpc) is 2.90. The molecule has 1 amide bonds. The second-order valence-corrected chi connectivity index (χ2v) is 12.1. The number of carbonyl (C=O) groups is 1. The highest BCUT2D eigenvalue weighted by Gasteiger charge is 2.29. The van der Waals surface area contributed by atoms with E-state index in [4.69, 9.17) is 0 Å². The summed E-state index contributed by atoms with van der Waals surface area (Å²) < 4.78 is 29.2. The fourth-order valence-electron chi connectivity index (χ4n) is 4.30. The van der Waals surface area contributed by atoms with Crippen LogP contribution in [-0.4, -0.2) is 32.3 Å². The predicted molar refractivity (Wildman–Crippen MR) is 151 cm³/mol. The molecule has 0 aliphatic rings. The number of fused-ring (bicyclic) bond motifs is 1. The van der Waals surface area contributed by atoms with Gasteiger partial charge in [0, 0.05) is 13.1 Å². The highest BCUT2D eigenvalue weighted by Crippen LogP contribution is 2.29. The fourth-order valence-corrected chi connectivity index (χ4v) is 5.71. The maximum Gasteiger partial charge on any atom is 0.264 e. The van der Waals surface area contributed by atoms with E-state index in [1.54, 1.807) is 23.1 Å². The first-order valence-corrected chi connectivity index (χ1v) is 14.0. The molecule has 192 valence electrons. The highest BCUT2D eigenvalue weighted by atomic mass is 32.2.